The SMILES string of the molecule is CCN(Cc1cc(CNC(C)C)co1)Cc1cccs1. The molecular formula is C16H24N2OS. The third kappa shape index (κ3) is 4.78. The Bertz CT molecular complexity index is 490. The maximum atomic E-state index is 5.67. The highest BCUT2D eigenvalue weighted by molar-refractivity contribution is 7.09. The van der Waals surface area contributed by atoms with Crippen molar-refractivity contribution in [3.63, 3.8) is 0 Å². The Morgan fingerprint density at radius 3 is 2.85 bits per heavy atom. The molecule has 110 valence electrons. The lowest BCUT2D eigenvalue weighted by atomic mass is 10.2. The van der Waals surface area contributed by atoms with Crippen molar-refractivity contribution >= 4 is 11.3 Å². The van der Waals surface area contributed by atoms with Gasteiger partial charge >= 0.3 is 0 Å². The molecule has 0 atom stereocenters. The summed E-state index contributed by atoms with van der Waals surface area (Å²) >= 11 is 1.81. The number of hydrogen-bond donors (Lipinski definition) is 1. The van der Waals surface area contributed by atoms with Gasteiger partial charge in [-0.1, -0.05) is 26.8 Å². The summed E-state index contributed by atoms with van der Waals surface area (Å²) in [4.78, 5) is 3.80. The van der Waals surface area contributed by atoms with Crippen molar-refractivity contribution in [1.29, 1.82) is 0 Å². The molecule has 0 aromatic carbocycles. The Kier molecular flexibility index (Phi) is 5.83. The van der Waals surface area contributed by atoms with Gasteiger partial charge in [-0.3, -0.25) is 4.90 Å². The van der Waals surface area contributed by atoms with Gasteiger partial charge in [0.1, 0.15) is 5.76 Å². The van der Waals surface area contributed by atoms with Crippen LogP contribution < -0.4 is 5.32 Å². The Morgan fingerprint density at radius 2 is 2.20 bits per heavy atom. The van der Waals surface area contributed by atoms with Gasteiger partial charge in [-0.15, -0.1) is 11.3 Å². The molecule has 0 aliphatic carbocycles. The predicted molar refractivity (Wildman–Crippen MR) is 84.8 cm³/mol. The van der Waals surface area contributed by atoms with E-state index in [1.807, 2.05) is 17.6 Å². The molecule has 4 heteroatoms. The molecule has 0 saturated carbocycles. The molecule has 3 nitrogen and oxygen atoms in total. The van der Waals surface area contributed by atoms with Crippen molar-refractivity contribution in [2.24, 2.45) is 0 Å². The maximum Gasteiger partial charge on any atom is 0.118 e. The first-order valence-electron chi connectivity index (χ1n) is 7.21. The summed E-state index contributed by atoms with van der Waals surface area (Å²) in [7, 11) is 0. The number of thiophene rings is 1. The fourth-order valence-electron chi connectivity index (χ4n) is 2.05. The molecule has 0 fully saturated rings. The minimum Gasteiger partial charge on any atom is -0.468 e. The fourth-order valence-corrected chi connectivity index (χ4v) is 2.79. The molecule has 20 heavy (non-hydrogen) atoms. The normalized spacial score (nSPS) is 11.7. The largest absolute Gasteiger partial charge is 0.468 e. The standard InChI is InChI=1S/C16H24N2OS/c1-4-18(11-16-6-5-7-20-16)10-15-8-14(12-19-15)9-17-13(2)3/h5-8,12-13,17H,4,9-11H2,1-3H3. The van der Waals surface area contributed by atoms with Gasteiger partial charge in [-0.25, -0.2) is 0 Å². The number of furan rings is 1. The second kappa shape index (κ2) is 7.62. The Morgan fingerprint density at radius 1 is 1.35 bits per heavy atom. The van der Waals surface area contributed by atoms with E-state index in [1.165, 1.54) is 10.4 Å². The van der Waals surface area contributed by atoms with E-state index < -0.39 is 0 Å². The van der Waals surface area contributed by atoms with Gasteiger partial charge in [-0.05, 0) is 24.1 Å². The van der Waals surface area contributed by atoms with E-state index in [4.69, 9.17) is 4.42 Å². The summed E-state index contributed by atoms with van der Waals surface area (Å²) in [6.45, 7) is 10.3. The van der Waals surface area contributed by atoms with E-state index in [2.05, 4.69) is 54.6 Å². The summed E-state index contributed by atoms with van der Waals surface area (Å²) in [6, 6.07) is 6.95. The highest BCUT2D eigenvalue weighted by atomic mass is 32.1. The molecule has 2 aromatic rings. The summed E-state index contributed by atoms with van der Waals surface area (Å²) in [6.07, 6.45) is 1.86. The zero-order valence-corrected chi connectivity index (χ0v) is 13.4. The Hall–Kier alpha value is -1.10. The highest BCUT2D eigenvalue weighted by Crippen LogP contribution is 2.15. The first kappa shape index (κ1) is 15.3. The molecule has 1 N–H and O–H groups in total. The van der Waals surface area contributed by atoms with Crippen LogP contribution >= 0.6 is 11.3 Å². The topological polar surface area (TPSA) is 28.4 Å². The number of nitrogens with zero attached hydrogens (tertiary/aromatic N) is 1. The number of nitrogens with one attached hydrogen (secondary N) is 1. The third-order valence-corrected chi connectivity index (χ3v) is 4.07. The average molecular weight is 292 g/mol. The summed E-state index contributed by atoms with van der Waals surface area (Å²) in [5.41, 5.74) is 1.22. The van der Waals surface area contributed by atoms with Crippen LogP contribution in [0.2, 0.25) is 0 Å². The van der Waals surface area contributed by atoms with E-state index in [0.717, 1.165) is 31.9 Å². The van der Waals surface area contributed by atoms with Crippen LogP contribution in [-0.4, -0.2) is 17.5 Å². The molecule has 0 bridgehead atoms. The first-order valence-corrected chi connectivity index (χ1v) is 8.09. The van der Waals surface area contributed by atoms with E-state index >= 15 is 0 Å². The van der Waals surface area contributed by atoms with Crippen LogP contribution in [0, 0.1) is 0 Å². The van der Waals surface area contributed by atoms with Crippen LogP contribution in [-0.2, 0) is 19.6 Å². The lowest BCUT2D eigenvalue weighted by Crippen LogP contribution is -2.22. The van der Waals surface area contributed by atoms with Gasteiger partial charge in [0.05, 0.1) is 12.8 Å². The van der Waals surface area contributed by atoms with Crippen molar-refractivity contribution in [2.45, 2.75) is 46.4 Å². The van der Waals surface area contributed by atoms with Crippen LogP contribution in [0.3, 0.4) is 0 Å². The van der Waals surface area contributed by atoms with Crippen molar-refractivity contribution in [3.8, 4) is 0 Å². The van der Waals surface area contributed by atoms with Crippen molar-refractivity contribution in [3.05, 3.63) is 46.0 Å². The minimum absolute atomic E-state index is 0.499. The predicted octanol–water partition coefficient (Wildman–Crippen LogP) is 3.86. The quantitative estimate of drug-likeness (QED) is 0.801. The zero-order chi connectivity index (χ0) is 14.4. The zero-order valence-electron chi connectivity index (χ0n) is 12.6. The molecular weight excluding hydrogens is 268 g/mol. The van der Waals surface area contributed by atoms with Crippen LogP contribution in [0.25, 0.3) is 0 Å². The minimum atomic E-state index is 0.499. The van der Waals surface area contributed by atoms with Gasteiger partial charge < -0.3 is 9.73 Å². The van der Waals surface area contributed by atoms with Gasteiger partial charge in [0, 0.05) is 29.6 Å². The van der Waals surface area contributed by atoms with Crippen LogP contribution in [0.4, 0.5) is 0 Å². The van der Waals surface area contributed by atoms with Crippen LogP contribution in [0.5, 0.6) is 0 Å². The first-order chi connectivity index (χ1) is 9.67. The van der Waals surface area contributed by atoms with Crippen LogP contribution in [0.15, 0.2) is 34.3 Å². The van der Waals surface area contributed by atoms with Gasteiger partial charge in [0.15, 0.2) is 0 Å². The molecule has 2 aromatic heterocycles. The molecule has 0 amide bonds. The van der Waals surface area contributed by atoms with E-state index in [1.54, 1.807) is 0 Å². The molecule has 0 aliphatic rings. The molecule has 2 rings (SSSR count). The third-order valence-electron chi connectivity index (χ3n) is 3.21. The summed E-state index contributed by atoms with van der Waals surface area (Å²) in [5.74, 6) is 1.05. The summed E-state index contributed by atoms with van der Waals surface area (Å²) < 4.78 is 5.67. The number of hydrogen-bond acceptors (Lipinski definition) is 4. The maximum absolute atomic E-state index is 5.67. The van der Waals surface area contributed by atoms with E-state index in [9.17, 15) is 0 Å². The average Bonchev–Trinajstić information content (AvgIpc) is 3.07. The summed E-state index contributed by atoms with van der Waals surface area (Å²) in [5, 5.41) is 5.54. The van der Waals surface area contributed by atoms with Gasteiger partial charge in [0.25, 0.3) is 0 Å². The Labute approximate surface area is 125 Å². The molecule has 0 aliphatic heterocycles. The van der Waals surface area contributed by atoms with Gasteiger partial charge in [-0.2, -0.15) is 0 Å². The fraction of sp³-hybridized carbons (Fsp3) is 0.500. The second-order valence-corrected chi connectivity index (χ2v) is 6.37. The highest BCUT2D eigenvalue weighted by Gasteiger charge is 2.09. The lowest BCUT2D eigenvalue weighted by Gasteiger charge is -2.17. The van der Waals surface area contributed by atoms with E-state index in [0.29, 0.717) is 6.04 Å². The number of rotatable bonds is 8. The lowest BCUT2D eigenvalue weighted by molar-refractivity contribution is 0.250. The van der Waals surface area contributed by atoms with Crippen molar-refractivity contribution in [2.75, 3.05) is 6.54 Å². The Balaban J connectivity index is 1.87. The van der Waals surface area contributed by atoms with Crippen LogP contribution in [0.1, 0.15) is 37.0 Å². The van der Waals surface area contributed by atoms with Crippen molar-refractivity contribution < 1.29 is 4.42 Å². The molecule has 0 radical (unpaired) electrons. The van der Waals surface area contributed by atoms with E-state index in [-0.39, 0.29) is 0 Å². The van der Waals surface area contributed by atoms with Gasteiger partial charge in [0.2, 0.25) is 0 Å². The molecule has 0 unspecified atom stereocenters. The molecule has 0 saturated heterocycles. The molecule has 2 heterocycles. The van der Waals surface area contributed by atoms with Crippen molar-refractivity contribution in [1.82, 2.24) is 10.2 Å². The second-order valence-electron chi connectivity index (χ2n) is 5.34. The monoisotopic (exact) mass is 292 g/mol. The smallest absolute Gasteiger partial charge is 0.118 e. The molecule has 0 spiro atoms.